The van der Waals surface area contributed by atoms with E-state index in [0.29, 0.717) is 17.5 Å². The standard InChI is InChI=1S/C16H33N3/c1-14-10-19(11-15(2)18(14)3)13-16(12-17)8-6-4-5-7-9-16/h14-15H,4-13,17H2,1-3H3. The van der Waals surface area contributed by atoms with Gasteiger partial charge in [0.25, 0.3) is 0 Å². The maximum atomic E-state index is 6.18. The van der Waals surface area contributed by atoms with Crippen LogP contribution in [0.5, 0.6) is 0 Å². The molecule has 0 bridgehead atoms. The van der Waals surface area contributed by atoms with Crippen LogP contribution >= 0.6 is 0 Å². The van der Waals surface area contributed by atoms with Crippen LogP contribution in [0, 0.1) is 5.41 Å². The molecule has 1 saturated carbocycles. The van der Waals surface area contributed by atoms with E-state index in [9.17, 15) is 0 Å². The average Bonchev–Trinajstić information content (AvgIpc) is 2.62. The first-order valence-corrected chi connectivity index (χ1v) is 8.21. The fourth-order valence-electron chi connectivity index (χ4n) is 4.02. The Kier molecular flexibility index (Phi) is 5.27. The van der Waals surface area contributed by atoms with Crippen LogP contribution in [0.1, 0.15) is 52.4 Å². The lowest BCUT2D eigenvalue weighted by Gasteiger charge is -2.46. The summed E-state index contributed by atoms with van der Waals surface area (Å²) in [6.07, 6.45) is 8.29. The fourth-order valence-corrected chi connectivity index (χ4v) is 4.02. The Morgan fingerprint density at radius 2 is 1.53 bits per heavy atom. The van der Waals surface area contributed by atoms with Crippen molar-refractivity contribution in [3.63, 3.8) is 0 Å². The molecule has 2 atom stereocenters. The third-order valence-corrected chi connectivity index (χ3v) is 5.59. The molecule has 0 spiro atoms. The number of nitrogens with zero attached hydrogens (tertiary/aromatic N) is 2. The second-order valence-electron chi connectivity index (χ2n) is 7.18. The smallest absolute Gasteiger partial charge is 0.0195 e. The molecule has 2 fully saturated rings. The molecule has 1 aliphatic carbocycles. The normalized spacial score (nSPS) is 34.1. The van der Waals surface area contributed by atoms with Crippen LogP contribution in [-0.2, 0) is 0 Å². The minimum absolute atomic E-state index is 0.409. The summed E-state index contributed by atoms with van der Waals surface area (Å²) in [5, 5.41) is 0. The van der Waals surface area contributed by atoms with Gasteiger partial charge in [-0.15, -0.1) is 0 Å². The van der Waals surface area contributed by atoms with E-state index in [-0.39, 0.29) is 0 Å². The van der Waals surface area contributed by atoms with Gasteiger partial charge in [0.2, 0.25) is 0 Å². The molecule has 2 unspecified atom stereocenters. The van der Waals surface area contributed by atoms with Crippen molar-refractivity contribution < 1.29 is 0 Å². The number of nitrogens with two attached hydrogens (primary N) is 1. The molecular weight excluding hydrogens is 234 g/mol. The highest BCUT2D eigenvalue weighted by molar-refractivity contribution is 4.90. The van der Waals surface area contributed by atoms with Gasteiger partial charge in [-0.3, -0.25) is 9.80 Å². The molecule has 3 nitrogen and oxygen atoms in total. The molecule has 19 heavy (non-hydrogen) atoms. The molecule has 0 amide bonds. The Labute approximate surface area is 119 Å². The van der Waals surface area contributed by atoms with Crippen LogP contribution in [-0.4, -0.2) is 55.1 Å². The van der Waals surface area contributed by atoms with Gasteiger partial charge in [0.1, 0.15) is 0 Å². The summed E-state index contributed by atoms with van der Waals surface area (Å²) in [5.41, 5.74) is 6.59. The molecule has 2 aliphatic rings. The Bertz CT molecular complexity index is 259. The summed E-state index contributed by atoms with van der Waals surface area (Å²) < 4.78 is 0. The minimum atomic E-state index is 0.409. The molecule has 3 heteroatoms. The van der Waals surface area contributed by atoms with Gasteiger partial charge >= 0.3 is 0 Å². The lowest BCUT2D eigenvalue weighted by molar-refractivity contribution is 0.0286. The molecule has 0 aromatic heterocycles. The Hall–Kier alpha value is -0.120. The summed E-state index contributed by atoms with van der Waals surface area (Å²) in [7, 11) is 2.26. The predicted octanol–water partition coefficient (Wildman–Crippen LogP) is 2.31. The first-order chi connectivity index (χ1) is 9.06. The third-order valence-electron chi connectivity index (χ3n) is 5.59. The van der Waals surface area contributed by atoms with Crippen molar-refractivity contribution >= 4 is 0 Å². The second-order valence-corrected chi connectivity index (χ2v) is 7.18. The summed E-state index contributed by atoms with van der Waals surface area (Å²) in [6, 6.07) is 1.34. The van der Waals surface area contributed by atoms with Crippen molar-refractivity contribution in [1.29, 1.82) is 0 Å². The van der Waals surface area contributed by atoms with Gasteiger partial charge in [0, 0.05) is 31.7 Å². The van der Waals surface area contributed by atoms with Crippen LogP contribution in [0.25, 0.3) is 0 Å². The highest BCUT2D eigenvalue weighted by atomic mass is 15.3. The Morgan fingerprint density at radius 3 is 2.00 bits per heavy atom. The van der Waals surface area contributed by atoms with Crippen LogP contribution in [0.15, 0.2) is 0 Å². The zero-order valence-corrected chi connectivity index (χ0v) is 13.2. The maximum absolute atomic E-state index is 6.18. The van der Waals surface area contributed by atoms with Crippen molar-refractivity contribution in [3.05, 3.63) is 0 Å². The molecule has 1 heterocycles. The minimum Gasteiger partial charge on any atom is -0.330 e. The second kappa shape index (κ2) is 6.55. The molecule has 0 aromatic rings. The molecule has 0 aromatic carbocycles. The number of hydrogen-bond acceptors (Lipinski definition) is 3. The highest BCUT2D eigenvalue weighted by Gasteiger charge is 2.35. The van der Waals surface area contributed by atoms with E-state index in [4.69, 9.17) is 5.73 Å². The van der Waals surface area contributed by atoms with Crippen molar-refractivity contribution in [2.24, 2.45) is 11.1 Å². The first kappa shape index (κ1) is 15.3. The van der Waals surface area contributed by atoms with Crippen molar-refractivity contribution in [2.75, 3.05) is 33.2 Å². The van der Waals surface area contributed by atoms with Crippen molar-refractivity contribution in [3.8, 4) is 0 Å². The Balaban J connectivity index is 1.97. The Morgan fingerprint density at radius 1 is 1.00 bits per heavy atom. The zero-order valence-electron chi connectivity index (χ0n) is 13.2. The lowest BCUT2D eigenvalue weighted by atomic mass is 9.79. The van der Waals surface area contributed by atoms with E-state index in [1.807, 2.05) is 0 Å². The quantitative estimate of drug-likeness (QED) is 0.797. The van der Waals surface area contributed by atoms with Gasteiger partial charge in [-0.05, 0) is 45.7 Å². The van der Waals surface area contributed by atoms with Gasteiger partial charge in [-0.25, -0.2) is 0 Å². The summed E-state index contributed by atoms with van der Waals surface area (Å²) in [4.78, 5) is 5.20. The molecule has 0 radical (unpaired) electrons. The van der Waals surface area contributed by atoms with E-state index >= 15 is 0 Å². The van der Waals surface area contributed by atoms with Crippen molar-refractivity contribution in [2.45, 2.75) is 64.5 Å². The molecule has 2 rings (SSSR count). The average molecular weight is 267 g/mol. The van der Waals surface area contributed by atoms with E-state index in [0.717, 1.165) is 6.54 Å². The van der Waals surface area contributed by atoms with E-state index in [1.165, 1.54) is 58.2 Å². The van der Waals surface area contributed by atoms with Crippen LogP contribution in [0.3, 0.4) is 0 Å². The molecule has 1 aliphatic heterocycles. The summed E-state index contributed by atoms with van der Waals surface area (Å²) in [5.74, 6) is 0. The lowest BCUT2D eigenvalue weighted by Crippen LogP contribution is -2.57. The zero-order chi connectivity index (χ0) is 13.9. The topological polar surface area (TPSA) is 32.5 Å². The molecule has 112 valence electrons. The largest absolute Gasteiger partial charge is 0.330 e. The highest BCUT2D eigenvalue weighted by Crippen LogP contribution is 2.35. The van der Waals surface area contributed by atoms with Gasteiger partial charge in [-0.2, -0.15) is 0 Å². The number of piperazine rings is 1. The monoisotopic (exact) mass is 267 g/mol. The van der Waals surface area contributed by atoms with Crippen LogP contribution in [0.2, 0.25) is 0 Å². The van der Waals surface area contributed by atoms with Gasteiger partial charge in [0.15, 0.2) is 0 Å². The van der Waals surface area contributed by atoms with Gasteiger partial charge in [0.05, 0.1) is 0 Å². The van der Waals surface area contributed by atoms with Crippen molar-refractivity contribution in [1.82, 2.24) is 9.80 Å². The van der Waals surface area contributed by atoms with E-state index in [1.54, 1.807) is 0 Å². The number of rotatable bonds is 3. The van der Waals surface area contributed by atoms with E-state index in [2.05, 4.69) is 30.7 Å². The van der Waals surface area contributed by atoms with E-state index < -0.39 is 0 Å². The third kappa shape index (κ3) is 3.71. The molecule has 2 N–H and O–H groups in total. The fraction of sp³-hybridized carbons (Fsp3) is 1.00. The summed E-state index contributed by atoms with van der Waals surface area (Å²) in [6.45, 7) is 9.23. The number of likely N-dealkylation sites (N-methyl/N-ethyl adjacent to an activating group) is 1. The predicted molar refractivity (Wildman–Crippen MR) is 82.3 cm³/mol. The number of hydrogen-bond donors (Lipinski definition) is 1. The van der Waals surface area contributed by atoms with Gasteiger partial charge < -0.3 is 5.73 Å². The SMILES string of the molecule is CC1CN(CC2(CN)CCCCCC2)CC(C)N1C. The van der Waals surface area contributed by atoms with Crippen LogP contribution in [0.4, 0.5) is 0 Å². The molecule has 1 saturated heterocycles. The van der Waals surface area contributed by atoms with Crippen LogP contribution < -0.4 is 5.73 Å². The molecular formula is C16H33N3. The summed E-state index contributed by atoms with van der Waals surface area (Å²) >= 11 is 0. The van der Waals surface area contributed by atoms with Gasteiger partial charge in [-0.1, -0.05) is 25.7 Å². The maximum Gasteiger partial charge on any atom is 0.0195 e. The first-order valence-electron chi connectivity index (χ1n) is 8.21.